The fraction of sp³-hybridized carbons (Fsp3) is 0.474. The highest BCUT2D eigenvalue weighted by molar-refractivity contribution is 6.02. The van der Waals surface area contributed by atoms with E-state index in [1.165, 1.54) is 0 Å². The number of nitrogens with zero attached hydrogens (tertiary/aromatic N) is 1. The van der Waals surface area contributed by atoms with Gasteiger partial charge in [-0.25, -0.2) is 0 Å². The van der Waals surface area contributed by atoms with Crippen molar-refractivity contribution >= 4 is 11.9 Å². The molecule has 1 spiro atoms. The zero-order chi connectivity index (χ0) is 17.5. The Morgan fingerprint density at radius 3 is 2.60 bits per heavy atom. The third kappa shape index (κ3) is 2.61. The lowest BCUT2D eigenvalue weighted by Gasteiger charge is -2.35. The molecular weight excluding hydrogens is 322 g/mol. The first-order chi connectivity index (χ1) is 12.0. The SMILES string of the molecule is O=C(O)C1(C(=O)N2Cc3ccccc3OC3(CCOC3)C2)CC=CC1. The summed E-state index contributed by atoms with van der Waals surface area (Å²) in [5.41, 5.74) is -1.10. The summed E-state index contributed by atoms with van der Waals surface area (Å²) in [4.78, 5) is 26.8. The molecule has 1 unspecified atom stereocenters. The number of carboxylic acid groups (broad SMARTS) is 1. The smallest absolute Gasteiger partial charge is 0.319 e. The molecule has 132 valence electrons. The minimum Gasteiger partial charge on any atom is -0.483 e. The Morgan fingerprint density at radius 1 is 1.16 bits per heavy atom. The minimum atomic E-state index is -1.39. The van der Waals surface area contributed by atoms with E-state index in [1.54, 1.807) is 17.1 Å². The van der Waals surface area contributed by atoms with E-state index in [4.69, 9.17) is 9.47 Å². The summed E-state index contributed by atoms with van der Waals surface area (Å²) < 4.78 is 11.8. The number of benzene rings is 1. The van der Waals surface area contributed by atoms with Gasteiger partial charge in [-0.05, 0) is 18.9 Å². The summed E-state index contributed by atoms with van der Waals surface area (Å²) >= 11 is 0. The van der Waals surface area contributed by atoms with Gasteiger partial charge in [-0.3, -0.25) is 9.59 Å². The van der Waals surface area contributed by atoms with Crippen LogP contribution in [0.2, 0.25) is 0 Å². The summed E-state index contributed by atoms with van der Waals surface area (Å²) in [5.74, 6) is -0.647. The Kier molecular flexibility index (Phi) is 3.80. The molecule has 6 heteroatoms. The summed E-state index contributed by atoms with van der Waals surface area (Å²) in [6, 6.07) is 7.62. The van der Waals surface area contributed by atoms with Gasteiger partial charge in [-0.15, -0.1) is 0 Å². The molecule has 1 aliphatic carbocycles. The molecule has 0 bridgehead atoms. The van der Waals surface area contributed by atoms with Crippen molar-refractivity contribution in [1.82, 2.24) is 4.90 Å². The average Bonchev–Trinajstić information content (AvgIpc) is 3.22. The number of rotatable bonds is 2. The normalized spacial score (nSPS) is 27.0. The van der Waals surface area contributed by atoms with Crippen LogP contribution in [0.4, 0.5) is 0 Å². The van der Waals surface area contributed by atoms with E-state index < -0.39 is 17.0 Å². The maximum Gasteiger partial charge on any atom is 0.319 e. The standard InChI is InChI=1S/C19H21NO5/c21-16(19(17(22)23)7-3-4-8-19)20-11-14-5-1-2-6-15(14)25-18(12-20)9-10-24-13-18/h1-6H,7-13H2,(H,22,23). The molecule has 1 aromatic rings. The van der Waals surface area contributed by atoms with Gasteiger partial charge in [0.25, 0.3) is 0 Å². The molecule has 1 atom stereocenters. The second-order valence-electron chi connectivity index (χ2n) is 7.12. The van der Waals surface area contributed by atoms with Crippen LogP contribution in [0.1, 0.15) is 24.8 Å². The fourth-order valence-electron chi connectivity index (χ4n) is 3.94. The highest BCUT2D eigenvalue weighted by Gasteiger charge is 2.51. The highest BCUT2D eigenvalue weighted by atomic mass is 16.6. The number of carboxylic acids is 1. The Morgan fingerprint density at radius 2 is 1.92 bits per heavy atom. The molecule has 1 aromatic carbocycles. The molecule has 2 heterocycles. The van der Waals surface area contributed by atoms with Crippen molar-refractivity contribution in [2.45, 2.75) is 31.4 Å². The molecule has 25 heavy (non-hydrogen) atoms. The Balaban J connectivity index is 1.71. The second-order valence-corrected chi connectivity index (χ2v) is 7.12. The number of allylic oxidation sites excluding steroid dienone is 2. The van der Waals surface area contributed by atoms with Gasteiger partial charge >= 0.3 is 5.97 Å². The van der Waals surface area contributed by atoms with E-state index in [1.807, 2.05) is 24.3 Å². The van der Waals surface area contributed by atoms with Crippen LogP contribution in [0.25, 0.3) is 0 Å². The number of ether oxygens (including phenoxy) is 2. The molecule has 6 nitrogen and oxygen atoms in total. The zero-order valence-corrected chi connectivity index (χ0v) is 13.9. The molecule has 1 N–H and O–H groups in total. The average molecular weight is 343 g/mol. The van der Waals surface area contributed by atoms with Crippen LogP contribution < -0.4 is 4.74 Å². The predicted octanol–water partition coefficient (Wildman–Crippen LogP) is 1.99. The summed E-state index contributed by atoms with van der Waals surface area (Å²) in [6.45, 7) is 1.68. The Labute approximate surface area is 146 Å². The van der Waals surface area contributed by atoms with E-state index in [2.05, 4.69) is 0 Å². The van der Waals surface area contributed by atoms with Gasteiger partial charge in [0, 0.05) is 18.5 Å². The van der Waals surface area contributed by atoms with Crippen LogP contribution in [0, 0.1) is 5.41 Å². The monoisotopic (exact) mass is 343 g/mol. The van der Waals surface area contributed by atoms with Crippen LogP contribution in [0.5, 0.6) is 5.75 Å². The second kappa shape index (κ2) is 5.88. The largest absolute Gasteiger partial charge is 0.483 e. The molecule has 4 rings (SSSR count). The molecule has 1 amide bonds. The molecule has 1 fully saturated rings. The molecule has 0 aromatic heterocycles. The first-order valence-electron chi connectivity index (χ1n) is 8.57. The Hall–Kier alpha value is -2.34. The number of carbonyl (C=O) groups excluding carboxylic acids is 1. The van der Waals surface area contributed by atoms with Crippen molar-refractivity contribution in [2.75, 3.05) is 19.8 Å². The van der Waals surface area contributed by atoms with Crippen LogP contribution in [0.15, 0.2) is 36.4 Å². The van der Waals surface area contributed by atoms with Gasteiger partial charge in [-0.2, -0.15) is 0 Å². The lowest BCUT2D eigenvalue weighted by atomic mass is 9.83. The van der Waals surface area contributed by atoms with Crippen LogP contribution in [0.3, 0.4) is 0 Å². The molecule has 3 aliphatic rings. The molecule has 0 saturated carbocycles. The molecule has 1 saturated heterocycles. The van der Waals surface area contributed by atoms with Crippen molar-refractivity contribution < 1.29 is 24.2 Å². The van der Waals surface area contributed by atoms with Crippen LogP contribution >= 0.6 is 0 Å². The van der Waals surface area contributed by atoms with Crippen LogP contribution in [-0.4, -0.2) is 47.2 Å². The van der Waals surface area contributed by atoms with E-state index >= 15 is 0 Å². The molecular formula is C19H21NO5. The van der Waals surface area contributed by atoms with E-state index in [0.29, 0.717) is 32.7 Å². The maximum absolute atomic E-state index is 13.3. The number of amides is 1. The zero-order valence-electron chi connectivity index (χ0n) is 13.9. The third-order valence-electron chi connectivity index (χ3n) is 5.41. The van der Waals surface area contributed by atoms with E-state index in [0.717, 1.165) is 11.3 Å². The number of hydrogen-bond acceptors (Lipinski definition) is 4. The lowest BCUT2D eigenvalue weighted by molar-refractivity contribution is -0.161. The highest BCUT2D eigenvalue weighted by Crippen LogP contribution is 2.40. The van der Waals surface area contributed by atoms with Gasteiger partial charge in [0.05, 0.1) is 19.8 Å². The number of aliphatic carboxylic acids is 1. The van der Waals surface area contributed by atoms with Crippen LogP contribution in [-0.2, 0) is 20.9 Å². The van der Waals surface area contributed by atoms with Gasteiger partial charge in [-0.1, -0.05) is 30.4 Å². The first kappa shape index (κ1) is 16.1. The number of para-hydroxylation sites is 1. The van der Waals surface area contributed by atoms with Crippen molar-refractivity contribution in [2.24, 2.45) is 5.41 Å². The maximum atomic E-state index is 13.3. The summed E-state index contributed by atoms with van der Waals surface area (Å²) in [6.07, 6.45) is 4.72. The minimum absolute atomic E-state index is 0.240. The van der Waals surface area contributed by atoms with Crippen molar-refractivity contribution in [3.8, 4) is 5.75 Å². The first-order valence-corrected chi connectivity index (χ1v) is 8.57. The van der Waals surface area contributed by atoms with E-state index in [-0.39, 0.29) is 18.7 Å². The number of carbonyl (C=O) groups is 2. The van der Waals surface area contributed by atoms with E-state index in [9.17, 15) is 14.7 Å². The predicted molar refractivity (Wildman–Crippen MR) is 89.1 cm³/mol. The van der Waals surface area contributed by atoms with Crippen molar-refractivity contribution in [3.63, 3.8) is 0 Å². The molecule has 0 radical (unpaired) electrons. The fourth-order valence-corrected chi connectivity index (χ4v) is 3.94. The van der Waals surface area contributed by atoms with Gasteiger partial charge in [0.1, 0.15) is 5.75 Å². The summed E-state index contributed by atoms with van der Waals surface area (Å²) in [7, 11) is 0. The third-order valence-corrected chi connectivity index (χ3v) is 5.41. The number of fused-ring (bicyclic) bond motifs is 1. The Bertz CT molecular complexity index is 727. The topological polar surface area (TPSA) is 76.1 Å². The summed E-state index contributed by atoms with van der Waals surface area (Å²) in [5, 5.41) is 9.74. The van der Waals surface area contributed by atoms with Gasteiger partial charge in [0.2, 0.25) is 5.91 Å². The quantitative estimate of drug-likeness (QED) is 0.656. The van der Waals surface area contributed by atoms with Crippen molar-refractivity contribution in [3.05, 3.63) is 42.0 Å². The van der Waals surface area contributed by atoms with Gasteiger partial charge in [0.15, 0.2) is 11.0 Å². The molecule has 2 aliphatic heterocycles. The number of hydrogen-bond donors (Lipinski definition) is 1. The van der Waals surface area contributed by atoms with Crippen molar-refractivity contribution in [1.29, 1.82) is 0 Å². The lowest BCUT2D eigenvalue weighted by Crippen LogP contribution is -2.53. The van der Waals surface area contributed by atoms with Gasteiger partial charge < -0.3 is 19.5 Å².